The second-order valence-corrected chi connectivity index (χ2v) is 17.7. The average molecular weight is 636 g/mol. The lowest BCUT2D eigenvalue weighted by molar-refractivity contribution is 0.140. The van der Waals surface area contributed by atoms with E-state index < -0.39 is 27.9 Å². The lowest BCUT2D eigenvalue weighted by atomic mass is 10.1. The van der Waals surface area contributed by atoms with Crippen LogP contribution in [-0.2, 0) is 26.6 Å². The van der Waals surface area contributed by atoms with E-state index >= 15 is 0 Å². The van der Waals surface area contributed by atoms with Crippen LogP contribution in [0.5, 0.6) is 0 Å². The van der Waals surface area contributed by atoms with E-state index in [2.05, 4.69) is 58.5 Å². The minimum atomic E-state index is -1.14. The Morgan fingerprint density at radius 1 is 0.625 bits per heavy atom. The van der Waals surface area contributed by atoms with Crippen molar-refractivity contribution in [2.45, 2.75) is 115 Å². The van der Waals surface area contributed by atoms with Gasteiger partial charge in [0.15, 0.2) is 0 Å². The summed E-state index contributed by atoms with van der Waals surface area (Å²) in [6.07, 6.45) is 10.0. The molecular weight excluding hydrogens is 573 g/mol. The zero-order chi connectivity index (χ0) is 30.0. The predicted octanol–water partition coefficient (Wildman–Crippen LogP) is 5.67. The van der Waals surface area contributed by atoms with Crippen LogP contribution in [0.3, 0.4) is 0 Å². The molecule has 0 aromatic carbocycles. The summed E-state index contributed by atoms with van der Waals surface area (Å²) in [4.78, 5) is 5.14. The number of rotatable bonds is 30. The zero-order valence-electron chi connectivity index (χ0n) is 27.5. The third-order valence-corrected chi connectivity index (χ3v) is 14.5. The van der Waals surface area contributed by atoms with Gasteiger partial charge in [0.2, 0.25) is 0 Å². The molecular formula is C28H63N2O6Si4. The normalized spacial score (nSPS) is 13.3. The molecule has 0 saturated carbocycles. The molecule has 5 radical (unpaired) electrons. The fourth-order valence-corrected chi connectivity index (χ4v) is 10.7. The number of hydrogen-bond acceptors (Lipinski definition) is 8. The van der Waals surface area contributed by atoms with Crippen molar-refractivity contribution in [3.63, 3.8) is 0 Å². The molecule has 8 nitrogen and oxygen atoms in total. The molecule has 1 atom stereocenters. The van der Waals surface area contributed by atoms with Crippen LogP contribution in [0.25, 0.3) is 0 Å². The quantitative estimate of drug-likeness (QED) is 0.0569. The van der Waals surface area contributed by atoms with Crippen LogP contribution < -0.4 is 0 Å². The molecule has 0 aliphatic rings. The van der Waals surface area contributed by atoms with Gasteiger partial charge in [-0.1, -0.05) is 45.1 Å². The van der Waals surface area contributed by atoms with Crippen LogP contribution in [0.4, 0.5) is 0 Å². The maximum absolute atomic E-state index is 5.86. The fraction of sp³-hybridized carbons (Fsp3) is 1.00. The van der Waals surface area contributed by atoms with Crippen molar-refractivity contribution in [2.24, 2.45) is 0 Å². The fourth-order valence-electron chi connectivity index (χ4n) is 4.79. The SMILES string of the molecule is CCO[Si](CCCN(C)C([Si]CCCCCCCC(C)[Si](OC)OC)N(C)CCC[Si](OCC)OCC)OCC. The minimum Gasteiger partial charge on any atom is -0.397 e. The van der Waals surface area contributed by atoms with E-state index in [9.17, 15) is 0 Å². The van der Waals surface area contributed by atoms with Crippen LogP contribution in [0.15, 0.2) is 0 Å². The van der Waals surface area contributed by atoms with Crippen molar-refractivity contribution < 1.29 is 26.6 Å². The Morgan fingerprint density at radius 2 is 1.05 bits per heavy atom. The first-order valence-electron chi connectivity index (χ1n) is 15.7. The Bertz CT molecular complexity index is 503. The summed E-state index contributed by atoms with van der Waals surface area (Å²) < 4.78 is 34.5. The third-order valence-electron chi connectivity index (χ3n) is 6.79. The molecule has 0 spiro atoms. The summed E-state index contributed by atoms with van der Waals surface area (Å²) in [5, 5.41) is 0. The van der Waals surface area contributed by atoms with E-state index in [1.54, 1.807) is 14.2 Å². The van der Waals surface area contributed by atoms with Crippen LogP contribution in [0, 0.1) is 0 Å². The van der Waals surface area contributed by atoms with E-state index in [0.717, 1.165) is 74.0 Å². The van der Waals surface area contributed by atoms with E-state index in [0.29, 0.717) is 11.3 Å². The molecule has 0 bridgehead atoms. The van der Waals surface area contributed by atoms with Crippen molar-refractivity contribution in [2.75, 3.05) is 67.8 Å². The summed E-state index contributed by atoms with van der Waals surface area (Å²) in [5.41, 5.74) is 0.548. The predicted molar refractivity (Wildman–Crippen MR) is 173 cm³/mol. The Labute approximate surface area is 256 Å². The summed E-state index contributed by atoms with van der Waals surface area (Å²) in [7, 11) is 5.69. The van der Waals surface area contributed by atoms with Crippen LogP contribution in [-0.4, -0.2) is 121 Å². The zero-order valence-corrected chi connectivity index (χ0v) is 31.5. The summed E-state index contributed by atoms with van der Waals surface area (Å²) in [6.45, 7) is 15.6. The summed E-state index contributed by atoms with van der Waals surface area (Å²) in [6, 6.07) is 3.39. The molecule has 0 aliphatic heterocycles. The van der Waals surface area contributed by atoms with Gasteiger partial charge in [0.05, 0.1) is 9.52 Å². The molecule has 0 aromatic heterocycles. The largest absolute Gasteiger partial charge is 0.397 e. The maximum atomic E-state index is 5.86. The number of hydrogen-bond donors (Lipinski definition) is 0. The van der Waals surface area contributed by atoms with E-state index in [4.69, 9.17) is 26.6 Å². The summed E-state index contributed by atoms with van der Waals surface area (Å²) >= 11 is 0. The monoisotopic (exact) mass is 635 g/mol. The highest BCUT2D eigenvalue weighted by molar-refractivity contribution is 6.46. The van der Waals surface area contributed by atoms with Crippen molar-refractivity contribution in [3.05, 3.63) is 0 Å². The standard InChI is InChI=1S/C28H63N2O6Si4/c1-10-33-38(34-11-2)25-19-22-29(6)28(30(7)23-20-26-39(35-12-3)36-13-4)37-24-18-16-14-15-17-21-27(5)40(31-8)32-9/h27-28H,10-26H2,1-9H3. The van der Waals surface area contributed by atoms with Crippen molar-refractivity contribution in [3.8, 4) is 0 Å². The first kappa shape index (κ1) is 40.5. The molecule has 0 heterocycles. The topological polar surface area (TPSA) is 61.9 Å². The number of nitrogens with zero attached hydrogens (tertiary/aromatic N) is 2. The van der Waals surface area contributed by atoms with Crippen molar-refractivity contribution >= 4 is 37.4 Å². The molecule has 40 heavy (non-hydrogen) atoms. The lowest BCUT2D eigenvalue weighted by Crippen LogP contribution is -2.49. The maximum Gasteiger partial charge on any atom is 0.387 e. The van der Waals surface area contributed by atoms with Gasteiger partial charge in [0.1, 0.15) is 0 Å². The molecule has 0 aromatic rings. The first-order valence-corrected chi connectivity index (χ1v) is 21.4. The highest BCUT2D eigenvalue weighted by Crippen LogP contribution is 2.20. The Kier molecular flexibility index (Phi) is 28.7. The molecule has 0 rings (SSSR count). The van der Waals surface area contributed by atoms with Gasteiger partial charge in [0.25, 0.3) is 0 Å². The molecule has 0 aliphatic carbocycles. The molecule has 12 heteroatoms. The van der Waals surface area contributed by atoms with E-state index in [1.165, 1.54) is 44.6 Å². The smallest absolute Gasteiger partial charge is 0.387 e. The van der Waals surface area contributed by atoms with Gasteiger partial charge in [0, 0.05) is 52.0 Å². The second-order valence-electron chi connectivity index (χ2n) is 10.2. The summed E-state index contributed by atoms with van der Waals surface area (Å²) in [5.74, 6) is 0.481. The van der Waals surface area contributed by atoms with Crippen molar-refractivity contribution in [1.29, 1.82) is 0 Å². The number of unbranched alkanes of at least 4 members (excludes halogenated alkanes) is 4. The Hall–Kier alpha value is 0.548. The van der Waals surface area contributed by atoms with Crippen LogP contribution >= 0.6 is 0 Å². The highest BCUT2D eigenvalue weighted by atomic mass is 28.3. The van der Waals surface area contributed by atoms with Gasteiger partial charge in [-0.25, -0.2) is 0 Å². The highest BCUT2D eigenvalue weighted by Gasteiger charge is 2.23. The van der Waals surface area contributed by atoms with Crippen LogP contribution in [0.1, 0.15) is 86.0 Å². The van der Waals surface area contributed by atoms with Gasteiger partial charge >= 0.3 is 27.9 Å². The minimum absolute atomic E-state index is 0.481. The molecule has 1 unspecified atom stereocenters. The molecule has 237 valence electrons. The van der Waals surface area contributed by atoms with Gasteiger partial charge in [-0.3, -0.25) is 9.80 Å². The molecule has 0 fully saturated rings. The van der Waals surface area contributed by atoms with E-state index in [1.807, 2.05) is 0 Å². The van der Waals surface area contributed by atoms with Crippen molar-refractivity contribution in [1.82, 2.24) is 9.80 Å². The van der Waals surface area contributed by atoms with Gasteiger partial charge in [-0.15, -0.1) is 0 Å². The Balaban J connectivity index is 4.67. The van der Waals surface area contributed by atoms with Gasteiger partial charge in [-0.2, -0.15) is 0 Å². The second kappa shape index (κ2) is 28.3. The average Bonchev–Trinajstić information content (AvgIpc) is 2.93. The van der Waals surface area contributed by atoms with E-state index in [-0.39, 0.29) is 0 Å². The Morgan fingerprint density at radius 3 is 1.48 bits per heavy atom. The first-order chi connectivity index (χ1) is 19.4. The molecule has 0 saturated heterocycles. The molecule has 0 N–H and O–H groups in total. The lowest BCUT2D eigenvalue weighted by Gasteiger charge is -2.36. The van der Waals surface area contributed by atoms with Gasteiger partial charge in [-0.05, 0) is 86.2 Å². The van der Waals surface area contributed by atoms with Gasteiger partial charge < -0.3 is 26.6 Å². The van der Waals surface area contributed by atoms with Crippen LogP contribution in [0.2, 0.25) is 23.7 Å². The molecule has 0 amide bonds. The third kappa shape index (κ3) is 20.5.